The number of thiophene rings is 1. The van der Waals surface area contributed by atoms with E-state index in [9.17, 15) is 8.42 Å². The predicted molar refractivity (Wildman–Crippen MR) is 94.4 cm³/mol. The number of ether oxygens (including phenoxy) is 2. The first-order valence-electron chi connectivity index (χ1n) is 7.26. The molecule has 2 heterocycles. The Kier molecular flexibility index (Phi) is 4.51. The summed E-state index contributed by atoms with van der Waals surface area (Å²) in [5.74, 6) is 1.23. The average molecular weight is 366 g/mol. The first kappa shape index (κ1) is 16.8. The molecule has 8 heteroatoms. The molecule has 1 aromatic heterocycles. The highest BCUT2D eigenvalue weighted by molar-refractivity contribution is 7.88. The van der Waals surface area contributed by atoms with Crippen LogP contribution in [0.3, 0.4) is 0 Å². The van der Waals surface area contributed by atoms with Gasteiger partial charge in [0.1, 0.15) is 11.5 Å². The fraction of sp³-hybridized carbons (Fsp3) is 0.312. The lowest BCUT2D eigenvalue weighted by atomic mass is 10.0. The lowest BCUT2D eigenvalue weighted by Crippen LogP contribution is -2.26. The Morgan fingerprint density at radius 3 is 2.62 bits per heavy atom. The van der Waals surface area contributed by atoms with Crippen molar-refractivity contribution in [2.75, 3.05) is 20.5 Å². The van der Waals surface area contributed by atoms with Crippen LogP contribution in [-0.4, -0.2) is 39.0 Å². The van der Waals surface area contributed by atoms with Gasteiger partial charge in [0.15, 0.2) is 0 Å². The molecule has 24 heavy (non-hydrogen) atoms. The van der Waals surface area contributed by atoms with Crippen LogP contribution < -0.4 is 9.47 Å². The highest BCUT2D eigenvalue weighted by Gasteiger charge is 2.36. The number of rotatable bonds is 5. The van der Waals surface area contributed by atoms with Crippen LogP contribution in [0, 0.1) is 0 Å². The first-order chi connectivity index (χ1) is 11.4. The van der Waals surface area contributed by atoms with Gasteiger partial charge >= 0.3 is 0 Å². The molecule has 128 valence electrons. The van der Waals surface area contributed by atoms with Crippen molar-refractivity contribution in [3.63, 3.8) is 0 Å². The number of methoxy groups -OCH3 is 2. The molecule has 0 N–H and O–H groups in total. The standard InChI is InChI=1S/C16H18N2O4S2/c1-21-11-6-7-12(15(9-11)22-2)14-10-13(16-5-4-8-23-16)17-18(14)24(3,19)20/h4-9,14H,10H2,1-3H3/t14-/m0/s1. The van der Waals surface area contributed by atoms with Gasteiger partial charge in [-0.2, -0.15) is 9.52 Å². The molecule has 0 saturated heterocycles. The van der Waals surface area contributed by atoms with Crippen molar-refractivity contribution in [1.82, 2.24) is 4.41 Å². The van der Waals surface area contributed by atoms with Gasteiger partial charge in [0.05, 0.1) is 37.1 Å². The number of hydrogen-bond acceptors (Lipinski definition) is 6. The third kappa shape index (κ3) is 3.11. The fourth-order valence-electron chi connectivity index (χ4n) is 2.71. The maximum Gasteiger partial charge on any atom is 0.247 e. The van der Waals surface area contributed by atoms with E-state index in [0.717, 1.165) is 22.4 Å². The molecule has 1 aromatic carbocycles. The number of nitrogens with zero attached hydrogens (tertiary/aromatic N) is 2. The fourth-order valence-corrected chi connectivity index (χ4v) is 4.33. The Bertz CT molecular complexity index is 860. The quantitative estimate of drug-likeness (QED) is 0.816. The average Bonchev–Trinajstić information content (AvgIpc) is 3.22. The molecular weight excluding hydrogens is 348 g/mol. The summed E-state index contributed by atoms with van der Waals surface area (Å²) in [5, 5.41) is 6.31. The first-order valence-corrected chi connectivity index (χ1v) is 9.99. The summed E-state index contributed by atoms with van der Waals surface area (Å²) in [6, 6.07) is 8.80. The molecule has 0 radical (unpaired) electrons. The summed E-state index contributed by atoms with van der Waals surface area (Å²) in [7, 11) is -0.372. The smallest absolute Gasteiger partial charge is 0.247 e. The van der Waals surface area contributed by atoms with E-state index >= 15 is 0 Å². The predicted octanol–water partition coefficient (Wildman–Crippen LogP) is 2.88. The Labute approximate surface area is 145 Å². The SMILES string of the molecule is COc1ccc([C@@H]2CC(c3cccs3)=NN2S(C)(=O)=O)c(OC)c1. The van der Waals surface area contributed by atoms with Gasteiger partial charge in [-0.1, -0.05) is 6.07 Å². The lowest BCUT2D eigenvalue weighted by molar-refractivity contribution is 0.348. The summed E-state index contributed by atoms with van der Waals surface area (Å²) in [4.78, 5) is 0.971. The second-order valence-corrected chi connectivity index (χ2v) is 8.18. The summed E-state index contributed by atoms with van der Waals surface area (Å²) in [6.07, 6.45) is 1.66. The molecule has 0 aliphatic carbocycles. The minimum Gasteiger partial charge on any atom is -0.497 e. The molecule has 3 rings (SSSR count). The summed E-state index contributed by atoms with van der Waals surface area (Å²) in [5.41, 5.74) is 1.53. The molecule has 1 atom stereocenters. The second kappa shape index (κ2) is 6.45. The van der Waals surface area contributed by atoms with E-state index < -0.39 is 16.1 Å². The van der Waals surface area contributed by atoms with Gasteiger partial charge in [-0.25, -0.2) is 8.42 Å². The third-order valence-electron chi connectivity index (χ3n) is 3.82. The van der Waals surface area contributed by atoms with Gasteiger partial charge in [0.2, 0.25) is 10.0 Å². The van der Waals surface area contributed by atoms with Crippen LogP contribution in [0.25, 0.3) is 0 Å². The Balaban J connectivity index is 2.04. The van der Waals surface area contributed by atoms with Crippen LogP contribution in [-0.2, 0) is 10.0 Å². The van der Waals surface area contributed by atoms with Gasteiger partial charge in [0, 0.05) is 18.1 Å². The van der Waals surface area contributed by atoms with Crippen molar-refractivity contribution in [1.29, 1.82) is 0 Å². The van der Waals surface area contributed by atoms with Crippen molar-refractivity contribution in [3.05, 3.63) is 46.2 Å². The number of sulfonamides is 1. The maximum absolute atomic E-state index is 12.2. The highest BCUT2D eigenvalue weighted by atomic mass is 32.2. The zero-order valence-corrected chi connectivity index (χ0v) is 15.2. The molecule has 0 fully saturated rings. The Morgan fingerprint density at radius 2 is 2.04 bits per heavy atom. The third-order valence-corrected chi connectivity index (χ3v) is 5.75. The number of benzene rings is 1. The minimum absolute atomic E-state index is 0.432. The van der Waals surface area contributed by atoms with E-state index in [4.69, 9.17) is 9.47 Å². The van der Waals surface area contributed by atoms with E-state index in [1.54, 1.807) is 37.7 Å². The molecule has 6 nitrogen and oxygen atoms in total. The lowest BCUT2D eigenvalue weighted by Gasteiger charge is -2.23. The summed E-state index contributed by atoms with van der Waals surface area (Å²) >= 11 is 1.54. The molecule has 1 aliphatic heterocycles. The van der Waals surface area contributed by atoms with Crippen LogP contribution in [0.5, 0.6) is 11.5 Å². The van der Waals surface area contributed by atoms with Gasteiger partial charge < -0.3 is 9.47 Å². The second-order valence-electron chi connectivity index (χ2n) is 5.39. The van der Waals surface area contributed by atoms with E-state index in [1.807, 2.05) is 23.6 Å². The van der Waals surface area contributed by atoms with Crippen LogP contribution in [0.15, 0.2) is 40.8 Å². The van der Waals surface area contributed by atoms with E-state index in [0.29, 0.717) is 17.9 Å². The van der Waals surface area contributed by atoms with Crippen molar-refractivity contribution in [2.45, 2.75) is 12.5 Å². The zero-order chi connectivity index (χ0) is 17.3. The van der Waals surface area contributed by atoms with Crippen molar-refractivity contribution >= 4 is 27.1 Å². The molecule has 2 aromatic rings. The van der Waals surface area contributed by atoms with Crippen LogP contribution in [0.4, 0.5) is 0 Å². The topological polar surface area (TPSA) is 68.2 Å². The van der Waals surface area contributed by atoms with Gasteiger partial charge in [-0.05, 0) is 23.6 Å². The molecular formula is C16H18N2O4S2. The van der Waals surface area contributed by atoms with E-state index in [-0.39, 0.29) is 0 Å². The van der Waals surface area contributed by atoms with Crippen LogP contribution in [0.2, 0.25) is 0 Å². The van der Waals surface area contributed by atoms with Crippen molar-refractivity contribution < 1.29 is 17.9 Å². The monoisotopic (exact) mass is 366 g/mol. The zero-order valence-electron chi connectivity index (χ0n) is 13.6. The van der Waals surface area contributed by atoms with E-state index in [2.05, 4.69) is 5.10 Å². The largest absolute Gasteiger partial charge is 0.497 e. The highest BCUT2D eigenvalue weighted by Crippen LogP contribution is 2.40. The van der Waals surface area contributed by atoms with Crippen molar-refractivity contribution in [3.8, 4) is 11.5 Å². The molecule has 0 spiro atoms. The maximum atomic E-state index is 12.2. The van der Waals surface area contributed by atoms with Gasteiger partial charge in [-0.3, -0.25) is 0 Å². The molecule has 0 amide bonds. The molecule has 0 saturated carbocycles. The molecule has 0 unspecified atom stereocenters. The number of hydrazone groups is 1. The molecule has 0 bridgehead atoms. The van der Waals surface area contributed by atoms with E-state index in [1.165, 1.54) is 4.41 Å². The van der Waals surface area contributed by atoms with Crippen LogP contribution >= 0.6 is 11.3 Å². The normalized spacial score (nSPS) is 17.7. The van der Waals surface area contributed by atoms with Gasteiger partial charge in [0.25, 0.3) is 0 Å². The summed E-state index contributed by atoms with van der Waals surface area (Å²) in [6.45, 7) is 0. The van der Waals surface area contributed by atoms with Crippen molar-refractivity contribution in [2.24, 2.45) is 5.10 Å². The Hall–Kier alpha value is -2.06. The number of hydrogen-bond donors (Lipinski definition) is 0. The molecule has 1 aliphatic rings. The minimum atomic E-state index is -3.50. The van der Waals surface area contributed by atoms with Crippen LogP contribution in [0.1, 0.15) is 22.9 Å². The Morgan fingerprint density at radius 1 is 1.25 bits per heavy atom. The van der Waals surface area contributed by atoms with Gasteiger partial charge in [-0.15, -0.1) is 11.3 Å². The summed E-state index contributed by atoms with van der Waals surface area (Å²) < 4.78 is 36.2.